The maximum absolute atomic E-state index is 12.1. The van der Waals surface area contributed by atoms with Gasteiger partial charge in [0.15, 0.2) is 0 Å². The van der Waals surface area contributed by atoms with Gasteiger partial charge in [0, 0.05) is 13.2 Å². The van der Waals surface area contributed by atoms with Gasteiger partial charge < -0.3 is 24.6 Å². The molecule has 1 amide bonds. The molecule has 0 aliphatic carbocycles. The van der Waals surface area contributed by atoms with Crippen molar-refractivity contribution in [2.24, 2.45) is 0 Å². The number of hydrogen-bond acceptors (Lipinski definition) is 5. The van der Waals surface area contributed by atoms with Gasteiger partial charge in [-0.2, -0.15) is 0 Å². The number of carbonyl (C=O) groups excluding carboxylic acids is 1. The summed E-state index contributed by atoms with van der Waals surface area (Å²) < 4.78 is 16.0. The van der Waals surface area contributed by atoms with Crippen LogP contribution < -0.4 is 5.32 Å². The molecular weight excluding hydrogens is 326 g/mol. The molecule has 0 heterocycles. The number of benzene rings is 1. The highest BCUT2D eigenvalue weighted by Crippen LogP contribution is 2.23. The van der Waals surface area contributed by atoms with E-state index < -0.39 is 23.9 Å². The van der Waals surface area contributed by atoms with Crippen LogP contribution in [-0.4, -0.2) is 42.2 Å². The molecule has 0 saturated heterocycles. The number of amides is 1. The summed E-state index contributed by atoms with van der Waals surface area (Å²) in [6.45, 7) is 5.59. The first-order valence-electron chi connectivity index (χ1n) is 8.48. The second-order valence-corrected chi connectivity index (χ2v) is 5.39. The Balaban J connectivity index is 2.84. The van der Waals surface area contributed by atoms with Crippen molar-refractivity contribution in [1.82, 2.24) is 5.32 Å². The van der Waals surface area contributed by atoms with Gasteiger partial charge in [-0.1, -0.05) is 43.7 Å². The molecule has 0 saturated carbocycles. The fourth-order valence-electron chi connectivity index (χ4n) is 2.50. The molecule has 0 spiro atoms. The average molecular weight is 353 g/mol. The predicted octanol–water partition coefficient (Wildman–Crippen LogP) is 2.94. The summed E-state index contributed by atoms with van der Waals surface area (Å²) in [6.07, 6.45) is 0.290. The zero-order valence-electron chi connectivity index (χ0n) is 15.0. The molecule has 1 aromatic carbocycles. The van der Waals surface area contributed by atoms with Gasteiger partial charge in [-0.15, -0.1) is 0 Å². The largest absolute Gasteiger partial charge is 0.477 e. The lowest BCUT2D eigenvalue weighted by Gasteiger charge is -2.36. The number of ether oxygens (including phenoxy) is 3. The topological polar surface area (TPSA) is 94.1 Å². The third kappa shape index (κ3) is 6.03. The molecule has 2 N–H and O–H groups in total. The quantitative estimate of drug-likeness (QED) is 0.594. The number of carbonyl (C=O) groups is 2. The molecule has 7 heteroatoms. The Kier molecular flexibility index (Phi) is 8.94. The van der Waals surface area contributed by atoms with Gasteiger partial charge in [-0.25, -0.2) is 9.59 Å². The SMILES string of the molecule is CCC[C@H](NC(=O)OCc1ccccc1)C(OCC)(OCC)C(=O)O. The van der Waals surface area contributed by atoms with Crippen LogP contribution in [0.3, 0.4) is 0 Å². The van der Waals surface area contributed by atoms with Crippen LogP contribution in [0.15, 0.2) is 30.3 Å². The summed E-state index contributed by atoms with van der Waals surface area (Å²) in [5, 5.41) is 12.2. The van der Waals surface area contributed by atoms with Crippen LogP contribution in [0.4, 0.5) is 4.79 Å². The molecule has 0 fully saturated rings. The summed E-state index contributed by atoms with van der Waals surface area (Å²) in [6, 6.07) is 8.34. The monoisotopic (exact) mass is 353 g/mol. The summed E-state index contributed by atoms with van der Waals surface area (Å²) >= 11 is 0. The van der Waals surface area contributed by atoms with Gasteiger partial charge in [0.05, 0.1) is 6.04 Å². The summed E-state index contributed by atoms with van der Waals surface area (Å²) in [5.41, 5.74) is 0.837. The summed E-state index contributed by atoms with van der Waals surface area (Å²) in [4.78, 5) is 24.0. The van der Waals surface area contributed by atoms with Crippen LogP contribution >= 0.6 is 0 Å². The molecule has 25 heavy (non-hydrogen) atoms. The Hall–Kier alpha value is -2.12. The minimum absolute atomic E-state index is 0.0921. The third-order valence-corrected chi connectivity index (χ3v) is 3.56. The van der Waals surface area contributed by atoms with Gasteiger partial charge in [-0.3, -0.25) is 0 Å². The van der Waals surface area contributed by atoms with E-state index in [9.17, 15) is 14.7 Å². The number of carboxylic acids is 1. The lowest BCUT2D eigenvalue weighted by atomic mass is 10.0. The Morgan fingerprint density at radius 1 is 1.12 bits per heavy atom. The highest BCUT2D eigenvalue weighted by atomic mass is 16.7. The van der Waals surface area contributed by atoms with E-state index in [0.29, 0.717) is 12.8 Å². The third-order valence-electron chi connectivity index (χ3n) is 3.56. The second-order valence-electron chi connectivity index (χ2n) is 5.39. The minimum atomic E-state index is -1.94. The minimum Gasteiger partial charge on any atom is -0.477 e. The lowest BCUT2D eigenvalue weighted by molar-refractivity contribution is -0.253. The molecule has 0 radical (unpaired) electrons. The molecule has 0 aliphatic rings. The van der Waals surface area contributed by atoms with Gasteiger partial charge >= 0.3 is 12.1 Å². The van der Waals surface area contributed by atoms with Crippen molar-refractivity contribution >= 4 is 12.1 Å². The van der Waals surface area contributed by atoms with Crippen LogP contribution in [-0.2, 0) is 25.6 Å². The number of hydrogen-bond donors (Lipinski definition) is 2. The fraction of sp³-hybridized carbons (Fsp3) is 0.556. The highest BCUT2D eigenvalue weighted by Gasteiger charge is 2.49. The van der Waals surface area contributed by atoms with Crippen molar-refractivity contribution < 1.29 is 28.9 Å². The van der Waals surface area contributed by atoms with Crippen LogP contribution in [0.1, 0.15) is 39.2 Å². The maximum Gasteiger partial charge on any atom is 0.407 e. The number of carboxylic acid groups (broad SMARTS) is 1. The van der Waals surface area contributed by atoms with E-state index in [2.05, 4.69) is 5.32 Å². The first kappa shape index (κ1) is 20.9. The molecule has 0 aliphatic heterocycles. The first-order chi connectivity index (χ1) is 12.0. The Morgan fingerprint density at radius 2 is 1.72 bits per heavy atom. The molecule has 1 rings (SSSR count). The van der Waals surface area contributed by atoms with E-state index in [1.165, 1.54) is 0 Å². The smallest absolute Gasteiger partial charge is 0.407 e. The standard InChI is InChI=1S/C18H27NO6/c1-4-10-15(18(16(20)21,24-5-2)25-6-3)19-17(22)23-13-14-11-8-7-9-12-14/h7-9,11-12,15H,4-6,10,13H2,1-3H3,(H,19,22)(H,20,21)/t15-/m0/s1. The van der Waals surface area contributed by atoms with E-state index in [1.807, 2.05) is 37.3 Å². The van der Waals surface area contributed by atoms with E-state index in [0.717, 1.165) is 5.56 Å². The average Bonchev–Trinajstić information content (AvgIpc) is 2.60. The van der Waals surface area contributed by atoms with E-state index in [1.54, 1.807) is 13.8 Å². The van der Waals surface area contributed by atoms with Crippen molar-refractivity contribution in [2.75, 3.05) is 13.2 Å². The molecule has 0 aromatic heterocycles. The van der Waals surface area contributed by atoms with Crippen molar-refractivity contribution in [2.45, 2.75) is 52.0 Å². The van der Waals surface area contributed by atoms with Crippen molar-refractivity contribution in [3.05, 3.63) is 35.9 Å². The molecule has 1 aromatic rings. The molecule has 0 bridgehead atoms. The van der Waals surface area contributed by atoms with Gasteiger partial charge in [-0.05, 0) is 25.8 Å². The normalized spacial score (nSPS) is 12.4. The van der Waals surface area contributed by atoms with Crippen molar-refractivity contribution in [1.29, 1.82) is 0 Å². The van der Waals surface area contributed by atoms with Gasteiger partial charge in [0.2, 0.25) is 0 Å². The van der Waals surface area contributed by atoms with Gasteiger partial charge in [0.25, 0.3) is 5.79 Å². The van der Waals surface area contributed by atoms with E-state index in [4.69, 9.17) is 14.2 Å². The number of rotatable bonds is 11. The second kappa shape index (κ2) is 10.7. The Morgan fingerprint density at radius 3 is 2.20 bits per heavy atom. The van der Waals surface area contributed by atoms with Crippen LogP contribution in [0.2, 0.25) is 0 Å². The Labute approximate surface area is 148 Å². The molecular formula is C18H27NO6. The zero-order valence-corrected chi connectivity index (χ0v) is 15.0. The van der Waals surface area contributed by atoms with Crippen molar-refractivity contribution in [3.63, 3.8) is 0 Å². The molecule has 7 nitrogen and oxygen atoms in total. The first-order valence-corrected chi connectivity index (χ1v) is 8.48. The number of nitrogens with one attached hydrogen (secondary N) is 1. The van der Waals surface area contributed by atoms with Crippen LogP contribution in [0.5, 0.6) is 0 Å². The fourth-order valence-corrected chi connectivity index (χ4v) is 2.50. The molecule has 1 atom stereocenters. The maximum atomic E-state index is 12.1. The van der Waals surface area contributed by atoms with Crippen LogP contribution in [0.25, 0.3) is 0 Å². The summed E-state index contributed by atoms with van der Waals surface area (Å²) in [7, 11) is 0. The summed E-state index contributed by atoms with van der Waals surface area (Å²) in [5.74, 6) is -3.22. The lowest BCUT2D eigenvalue weighted by Crippen LogP contribution is -2.60. The van der Waals surface area contributed by atoms with Crippen molar-refractivity contribution in [3.8, 4) is 0 Å². The number of alkyl carbamates (subject to hydrolysis) is 1. The zero-order chi connectivity index (χ0) is 18.7. The van der Waals surface area contributed by atoms with Crippen LogP contribution in [0, 0.1) is 0 Å². The highest BCUT2D eigenvalue weighted by molar-refractivity contribution is 5.78. The molecule has 0 unspecified atom stereocenters. The molecule has 140 valence electrons. The van der Waals surface area contributed by atoms with E-state index in [-0.39, 0.29) is 19.8 Å². The predicted molar refractivity (Wildman–Crippen MR) is 92.1 cm³/mol. The van der Waals surface area contributed by atoms with E-state index >= 15 is 0 Å². The van der Waals surface area contributed by atoms with Gasteiger partial charge in [0.1, 0.15) is 6.61 Å². The number of aliphatic carboxylic acids is 1. The Bertz CT molecular complexity index is 528.